The molecule has 10 nitrogen and oxygen atoms in total. The molecule has 1 fully saturated rings. The zero-order valence-corrected chi connectivity index (χ0v) is 27.2. The second-order valence-corrected chi connectivity index (χ2v) is 12.2. The monoisotopic (exact) mass is 615 g/mol. The molecule has 1 unspecified atom stereocenters. The van der Waals surface area contributed by atoms with Crippen molar-refractivity contribution in [3.05, 3.63) is 60.2 Å². The highest BCUT2D eigenvalue weighted by molar-refractivity contribution is 5.97. The third-order valence-corrected chi connectivity index (χ3v) is 8.37. The number of benzene rings is 2. The molecule has 0 spiro atoms. The fraction of sp³-hybridized carbons (Fsp3) is 0.514. The molecule has 4 rings (SSSR count). The lowest BCUT2D eigenvalue weighted by Gasteiger charge is -2.30. The molecule has 1 heterocycles. The van der Waals surface area contributed by atoms with Crippen LogP contribution in [0.5, 0.6) is 0 Å². The average Bonchev–Trinajstić information content (AvgIpc) is 3.05. The number of nitrogens with one attached hydrogen (secondary N) is 3. The summed E-state index contributed by atoms with van der Waals surface area (Å²) in [4.78, 5) is 52.6. The number of hydrogen-bond acceptors (Lipinski definition) is 7. The quantitative estimate of drug-likeness (QED) is 0.220. The topological polar surface area (TPSA) is 120 Å². The molecule has 0 radical (unpaired) electrons. The highest BCUT2D eigenvalue weighted by Gasteiger charge is 2.27. The van der Waals surface area contributed by atoms with Crippen LogP contribution in [-0.4, -0.2) is 78.4 Å². The van der Waals surface area contributed by atoms with Gasteiger partial charge in [0.25, 0.3) is 5.91 Å². The molecule has 0 aliphatic heterocycles. The van der Waals surface area contributed by atoms with Crippen LogP contribution in [-0.2, 0) is 9.59 Å². The van der Waals surface area contributed by atoms with Gasteiger partial charge in [0, 0.05) is 57.1 Å². The first-order valence-corrected chi connectivity index (χ1v) is 16.4. The van der Waals surface area contributed by atoms with Crippen LogP contribution in [0.2, 0.25) is 0 Å². The zero-order valence-electron chi connectivity index (χ0n) is 27.2. The van der Waals surface area contributed by atoms with Crippen LogP contribution in [0, 0.1) is 5.92 Å². The lowest BCUT2D eigenvalue weighted by atomic mass is 9.86. The summed E-state index contributed by atoms with van der Waals surface area (Å²) >= 11 is 0. The third-order valence-electron chi connectivity index (χ3n) is 8.37. The van der Waals surface area contributed by atoms with Crippen molar-refractivity contribution in [1.29, 1.82) is 0 Å². The zero-order chi connectivity index (χ0) is 32.2. The van der Waals surface area contributed by atoms with Crippen LogP contribution in [0.1, 0.15) is 75.6 Å². The Hall–Kier alpha value is -4.21. The summed E-state index contributed by atoms with van der Waals surface area (Å²) in [6.07, 6.45) is 6.01. The van der Waals surface area contributed by atoms with Gasteiger partial charge in [0.2, 0.25) is 17.8 Å². The minimum atomic E-state index is -0.756. The summed E-state index contributed by atoms with van der Waals surface area (Å²) in [7, 11) is 3.98. The second-order valence-electron chi connectivity index (χ2n) is 12.2. The van der Waals surface area contributed by atoms with Crippen LogP contribution >= 0.6 is 0 Å². The van der Waals surface area contributed by atoms with E-state index in [4.69, 9.17) is 9.97 Å². The molecule has 0 bridgehead atoms. The first-order valence-electron chi connectivity index (χ1n) is 16.4. The Morgan fingerprint density at radius 3 is 2.22 bits per heavy atom. The van der Waals surface area contributed by atoms with E-state index >= 15 is 0 Å². The Balaban J connectivity index is 1.27. The van der Waals surface area contributed by atoms with E-state index in [1.54, 1.807) is 29.2 Å². The normalized spacial score (nSPS) is 16.9. The molecule has 45 heavy (non-hydrogen) atoms. The molecule has 1 aliphatic carbocycles. The molecule has 3 N–H and O–H groups in total. The number of anilines is 2. The highest BCUT2D eigenvalue weighted by Crippen LogP contribution is 2.28. The van der Waals surface area contributed by atoms with Gasteiger partial charge in [-0.25, -0.2) is 4.98 Å². The molecule has 0 saturated heterocycles. The smallest absolute Gasteiger partial charge is 0.251 e. The van der Waals surface area contributed by atoms with Gasteiger partial charge in [0.15, 0.2) is 0 Å². The van der Waals surface area contributed by atoms with Crippen molar-refractivity contribution in [2.24, 2.45) is 5.92 Å². The Morgan fingerprint density at radius 2 is 1.56 bits per heavy atom. The summed E-state index contributed by atoms with van der Waals surface area (Å²) in [5.74, 6) is 1.40. The standard InChI is InChI=1S/C35H49N7O3/c1-5-22-42(23-6-2)34(45)30(38-33(44)26-12-8-7-9-13-26)20-21-31(43)36-24-25-16-18-27(19-17-25)37-35-39-29-15-11-10-14-28(29)32(40-35)41(3)4/h7-15,25,27,30H,5-6,16-24H2,1-4H3,(H,36,43)(H,38,44)(H,37,39,40). The Bertz CT molecular complexity index is 1400. The summed E-state index contributed by atoms with van der Waals surface area (Å²) < 4.78 is 0. The molecular weight excluding hydrogens is 566 g/mol. The number of carbonyl (C=O) groups excluding carboxylic acids is 3. The number of carbonyl (C=O) groups is 3. The number of nitrogens with zero attached hydrogens (tertiary/aromatic N) is 4. The van der Waals surface area contributed by atoms with Crippen molar-refractivity contribution in [3.63, 3.8) is 0 Å². The van der Waals surface area contributed by atoms with Gasteiger partial charge in [-0.2, -0.15) is 4.98 Å². The van der Waals surface area contributed by atoms with Gasteiger partial charge in [0.05, 0.1) is 5.52 Å². The van der Waals surface area contributed by atoms with Crippen molar-refractivity contribution < 1.29 is 14.4 Å². The number of hydrogen-bond donors (Lipinski definition) is 3. The van der Waals surface area contributed by atoms with Crippen molar-refractivity contribution in [2.75, 3.05) is 43.9 Å². The molecule has 1 atom stereocenters. The average molecular weight is 616 g/mol. The number of amides is 3. The van der Waals surface area contributed by atoms with Crippen LogP contribution in [0.25, 0.3) is 10.9 Å². The second kappa shape index (κ2) is 16.7. The Kier molecular flexibility index (Phi) is 12.5. The van der Waals surface area contributed by atoms with E-state index in [-0.39, 0.29) is 36.6 Å². The van der Waals surface area contributed by atoms with Crippen LogP contribution in [0.3, 0.4) is 0 Å². The molecule has 10 heteroatoms. The summed E-state index contributed by atoms with van der Waals surface area (Å²) in [6, 6.07) is 16.4. The number of fused-ring (bicyclic) bond motifs is 1. The summed E-state index contributed by atoms with van der Waals surface area (Å²) in [5, 5.41) is 10.6. The van der Waals surface area contributed by atoms with Crippen LogP contribution in [0.15, 0.2) is 54.6 Å². The van der Waals surface area contributed by atoms with Crippen molar-refractivity contribution in [1.82, 2.24) is 25.5 Å². The van der Waals surface area contributed by atoms with Gasteiger partial charge in [-0.3, -0.25) is 14.4 Å². The molecule has 3 aromatic rings. The third kappa shape index (κ3) is 9.64. The van der Waals surface area contributed by atoms with Gasteiger partial charge in [-0.05, 0) is 75.1 Å². The maximum absolute atomic E-state index is 13.4. The SMILES string of the molecule is CCCN(CCC)C(=O)C(CCC(=O)NCC1CCC(Nc2nc(N(C)C)c3ccccc3n2)CC1)NC(=O)c1ccccc1. The predicted octanol–water partition coefficient (Wildman–Crippen LogP) is 5.01. The van der Waals surface area contributed by atoms with Crippen LogP contribution < -0.4 is 20.9 Å². The van der Waals surface area contributed by atoms with E-state index in [1.807, 2.05) is 63.2 Å². The van der Waals surface area contributed by atoms with Gasteiger partial charge in [-0.15, -0.1) is 0 Å². The minimum Gasteiger partial charge on any atom is -0.362 e. The maximum atomic E-state index is 13.4. The maximum Gasteiger partial charge on any atom is 0.251 e. The van der Waals surface area contributed by atoms with E-state index in [0.717, 1.165) is 55.2 Å². The van der Waals surface area contributed by atoms with Gasteiger partial charge in [-0.1, -0.05) is 44.2 Å². The number of para-hydroxylation sites is 1. The first kappa shape index (κ1) is 33.7. The molecular formula is C35H49N7O3. The molecule has 242 valence electrons. The summed E-state index contributed by atoms with van der Waals surface area (Å²) in [6.45, 7) is 5.91. The van der Waals surface area contributed by atoms with Gasteiger partial charge >= 0.3 is 0 Å². The molecule has 1 saturated carbocycles. The Labute approximate surface area is 267 Å². The van der Waals surface area contributed by atoms with Crippen molar-refractivity contribution in [3.8, 4) is 0 Å². The molecule has 3 amide bonds. The predicted molar refractivity (Wildman–Crippen MR) is 180 cm³/mol. The van der Waals surface area contributed by atoms with Gasteiger partial charge < -0.3 is 25.8 Å². The van der Waals surface area contributed by atoms with E-state index in [9.17, 15) is 14.4 Å². The van der Waals surface area contributed by atoms with E-state index < -0.39 is 6.04 Å². The lowest BCUT2D eigenvalue weighted by molar-refractivity contribution is -0.133. The lowest BCUT2D eigenvalue weighted by Crippen LogP contribution is -2.49. The fourth-order valence-electron chi connectivity index (χ4n) is 5.96. The van der Waals surface area contributed by atoms with Crippen molar-refractivity contribution in [2.45, 2.75) is 77.3 Å². The van der Waals surface area contributed by atoms with E-state index in [2.05, 4.69) is 16.0 Å². The van der Waals surface area contributed by atoms with Crippen molar-refractivity contribution >= 4 is 40.4 Å². The minimum absolute atomic E-state index is 0.0969. The van der Waals surface area contributed by atoms with E-state index in [1.165, 1.54) is 0 Å². The molecule has 1 aromatic heterocycles. The highest BCUT2D eigenvalue weighted by atomic mass is 16.2. The number of aromatic nitrogens is 2. The first-order chi connectivity index (χ1) is 21.8. The largest absolute Gasteiger partial charge is 0.362 e. The van der Waals surface area contributed by atoms with Gasteiger partial charge in [0.1, 0.15) is 11.9 Å². The fourth-order valence-corrected chi connectivity index (χ4v) is 5.96. The molecule has 2 aromatic carbocycles. The van der Waals surface area contributed by atoms with E-state index in [0.29, 0.717) is 37.1 Å². The summed E-state index contributed by atoms with van der Waals surface area (Å²) in [5.41, 5.74) is 1.41. The molecule has 1 aliphatic rings. The Morgan fingerprint density at radius 1 is 0.889 bits per heavy atom. The van der Waals surface area contributed by atoms with Crippen LogP contribution in [0.4, 0.5) is 11.8 Å². The number of rotatable bonds is 15.